The molecule has 11 heteroatoms. The van der Waals surface area contributed by atoms with Crippen molar-refractivity contribution in [3.63, 3.8) is 0 Å². The van der Waals surface area contributed by atoms with Gasteiger partial charge in [0.15, 0.2) is 0 Å². The minimum Gasteiger partial charge on any atom is -0.351 e. The molecule has 1 aliphatic heterocycles. The summed E-state index contributed by atoms with van der Waals surface area (Å²) in [5.74, 6) is -0.407. The third-order valence-electron chi connectivity index (χ3n) is 4.65. The van der Waals surface area contributed by atoms with Gasteiger partial charge in [-0.1, -0.05) is 23.7 Å². The van der Waals surface area contributed by atoms with Crippen LogP contribution < -0.4 is 10.5 Å². The number of amides is 1. The summed E-state index contributed by atoms with van der Waals surface area (Å²) < 4.78 is 49.6. The first-order valence-corrected chi connectivity index (χ1v) is 12.1. The van der Waals surface area contributed by atoms with Crippen molar-refractivity contribution in [1.29, 1.82) is 0 Å². The molecule has 156 valence electrons. The van der Waals surface area contributed by atoms with Crippen molar-refractivity contribution in [3.05, 3.63) is 59.1 Å². The fourth-order valence-corrected chi connectivity index (χ4v) is 5.43. The predicted octanol–water partition coefficient (Wildman–Crippen LogP) is 1.46. The monoisotopic (exact) mass is 457 g/mol. The van der Waals surface area contributed by atoms with Crippen LogP contribution in [0.1, 0.15) is 18.4 Å². The number of hydrogen-bond acceptors (Lipinski definition) is 5. The molecule has 1 saturated heterocycles. The van der Waals surface area contributed by atoms with Crippen LogP contribution >= 0.6 is 11.6 Å². The third kappa shape index (κ3) is 4.96. The highest BCUT2D eigenvalue weighted by atomic mass is 35.5. The maximum absolute atomic E-state index is 12.9. The van der Waals surface area contributed by atoms with Crippen molar-refractivity contribution in [1.82, 2.24) is 9.62 Å². The van der Waals surface area contributed by atoms with E-state index in [0.717, 1.165) is 0 Å². The Kier molecular flexibility index (Phi) is 6.30. The second-order valence-corrected chi connectivity index (χ2v) is 10.5. The Morgan fingerprint density at radius 2 is 1.62 bits per heavy atom. The molecule has 29 heavy (non-hydrogen) atoms. The molecule has 1 atom stereocenters. The molecule has 8 nitrogen and oxygen atoms in total. The molecular weight excluding hydrogens is 438 g/mol. The van der Waals surface area contributed by atoms with Gasteiger partial charge in [0, 0.05) is 18.1 Å². The number of carbonyl (C=O) groups is 1. The number of sulfonamides is 2. The molecule has 2 aromatic rings. The van der Waals surface area contributed by atoms with Gasteiger partial charge >= 0.3 is 0 Å². The number of nitrogens with one attached hydrogen (secondary N) is 1. The van der Waals surface area contributed by atoms with E-state index < -0.39 is 32.0 Å². The zero-order chi connectivity index (χ0) is 21.2. The van der Waals surface area contributed by atoms with Crippen molar-refractivity contribution < 1.29 is 21.6 Å². The van der Waals surface area contributed by atoms with E-state index >= 15 is 0 Å². The van der Waals surface area contributed by atoms with Gasteiger partial charge in [0.05, 0.1) is 9.79 Å². The average Bonchev–Trinajstić information content (AvgIpc) is 3.17. The van der Waals surface area contributed by atoms with Gasteiger partial charge in [-0.3, -0.25) is 4.79 Å². The van der Waals surface area contributed by atoms with E-state index in [9.17, 15) is 21.6 Å². The van der Waals surface area contributed by atoms with Gasteiger partial charge in [-0.15, -0.1) is 0 Å². The number of benzene rings is 2. The lowest BCUT2D eigenvalue weighted by Gasteiger charge is -2.23. The Balaban J connectivity index is 1.69. The first-order chi connectivity index (χ1) is 13.6. The van der Waals surface area contributed by atoms with Gasteiger partial charge in [0.1, 0.15) is 6.04 Å². The number of primary sulfonamides is 1. The summed E-state index contributed by atoms with van der Waals surface area (Å²) in [6.07, 6.45) is 0.997. The number of rotatable bonds is 6. The Hall–Kier alpha value is -1.98. The summed E-state index contributed by atoms with van der Waals surface area (Å²) in [6.45, 7) is 0.390. The molecule has 2 aromatic carbocycles. The molecule has 1 amide bonds. The molecular formula is C18H20ClN3O5S2. The van der Waals surface area contributed by atoms with Crippen LogP contribution in [0.5, 0.6) is 0 Å². The fourth-order valence-electron chi connectivity index (χ4n) is 3.14. The molecule has 0 aliphatic carbocycles. The van der Waals surface area contributed by atoms with Crippen molar-refractivity contribution in [3.8, 4) is 0 Å². The first-order valence-electron chi connectivity index (χ1n) is 8.76. The van der Waals surface area contributed by atoms with E-state index in [0.29, 0.717) is 23.4 Å². The minimum atomic E-state index is -3.82. The summed E-state index contributed by atoms with van der Waals surface area (Å²) in [4.78, 5) is 12.7. The smallest absolute Gasteiger partial charge is 0.243 e. The number of nitrogens with two attached hydrogens (primary N) is 1. The van der Waals surface area contributed by atoms with E-state index in [1.807, 2.05) is 0 Å². The van der Waals surface area contributed by atoms with Gasteiger partial charge < -0.3 is 5.32 Å². The van der Waals surface area contributed by atoms with E-state index in [2.05, 4.69) is 5.32 Å². The highest BCUT2D eigenvalue weighted by Crippen LogP contribution is 2.27. The van der Waals surface area contributed by atoms with Crippen LogP contribution in [-0.2, 0) is 31.4 Å². The lowest BCUT2D eigenvalue weighted by molar-refractivity contribution is -0.124. The second kappa shape index (κ2) is 8.41. The maximum atomic E-state index is 12.9. The van der Waals surface area contributed by atoms with E-state index in [1.54, 1.807) is 0 Å². The van der Waals surface area contributed by atoms with Gasteiger partial charge in [-0.25, -0.2) is 22.0 Å². The van der Waals surface area contributed by atoms with Crippen LogP contribution in [0, 0.1) is 0 Å². The molecule has 0 radical (unpaired) electrons. The van der Waals surface area contributed by atoms with Gasteiger partial charge in [0.2, 0.25) is 26.0 Å². The van der Waals surface area contributed by atoms with Crippen LogP contribution in [0.25, 0.3) is 0 Å². The molecule has 1 aliphatic rings. The normalized spacial score (nSPS) is 17.9. The van der Waals surface area contributed by atoms with E-state index in [-0.39, 0.29) is 22.9 Å². The van der Waals surface area contributed by atoms with E-state index in [4.69, 9.17) is 16.7 Å². The Morgan fingerprint density at radius 3 is 2.21 bits per heavy atom. The summed E-state index contributed by atoms with van der Waals surface area (Å²) in [5, 5.41) is 8.20. The first kappa shape index (κ1) is 21.7. The second-order valence-electron chi connectivity index (χ2n) is 6.63. The van der Waals surface area contributed by atoms with Gasteiger partial charge in [0.25, 0.3) is 0 Å². The van der Waals surface area contributed by atoms with Crippen LogP contribution in [0.3, 0.4) is 0 Å². The van der Waals surface area contributed by atoms with Crippen molar-refractivity contribution >= 4 is 37.6 Å². The average molecular weight is 458 g/mol. The van der Waals surface area contributed by atoms with Crippen LogP contribution in [-0.4, -0.2) is 39.6 Å². The quantitative estimate of drug-likeness (QED) is 0.678. The number of carbonyl (C=O) groups excluding carboxylic acids is 1. The highest BCUT2D eigenvalue weighted by Gasteiger charge is 2.39. The molecule has 0 bridgehead atoms. The Bertz CT molecular complexity index is 1100. The van der Waals surface area contributed by atoms with Crippen LogP contribution in [0.2, 0.25) is 5.02 Å². The summed E-state index contributed by atoms with van der Waals surface area (Å²) >= 11 is 5.82. The molecule has 0 spiro atoms. The molecule has 0 aromatic heterocycles. The molecule has 1 fully saturated rings. The van der Waals surface area contributed by atoms with Crippen LogP contribution in [0.15, 0.2) is 58.3 Å². The number of nitrogens with zero attached hydrogens (tertiary/aromatic N) is 1. The molecule has 1 heterocycles. The standard InChI is InChI=1S/C18H20ClN3O5S2/c19-14-5-9-16(10-6-14)29(26,27)22-11-1-2-17(22)18(23)21-12-13-3-7-15(8-4-13)28(20,24)25/h3-10,17H,1-2,11-12H2,(H,21,23)(H2,20,24,25)/t17-/m0/s1. The largest absolute Gasteiger partial charge is 0.351 e. The summed E-state index contributed by atoms with van der Waals surface area (Å²) in [6, 6.07) is 10.8. The number of hydrogen-bond donors (Lipinski definition) is 2. The van der Waals surface area contributed by atoms with Crippen molar-refractivity contribution in [2.45, 2.75) is 35.2 Å². The summed E-state index contributed by atoms with van der Waals surface area (Å²) in [5.41, 5.74) is 0.663. The lowest BCUT2D eigenvalue weighted by Crippen LogP contribution is -2.45. The predicted molar refractivity (Wildman–Crippen MR) is 108 cm³/mol. The SMILES string of the molecule is NS(=O)(=O)c1ccc(CNC(=O)[C@@H]2CCCN2S(=O)(=O)c2ccc(Cl)cc2)cc1. The van der Waals surface area contributed by atoms with Crippen LogP contribution in [0.4, 0.5) is 0 Å². The van der Waals surface area contributed by atoms with Gasteiger partial charge in [-0.05, 0) is 54.8 Å². The molecule has 0 saturated carbocycles. The van der Waals surface area contributed by atoms with E-state index in [1.165, 1.54) is 52.8 Å². The van der Waals surface area contributed by atoms with Gasteiger partial charge in [-0.2, -0.15) is 4.31 Å². The molecule has 0 unspecified atom stereocenters. The topological polar surface area (TPSA) is 127 Å². The summed E-state index contributed by atoms with van der Waals surface area (Å²) in [7, 11) is -7.61. The minimum absolute atomic E-state index is 0.0244. The highest BCUT2D eigenvalue weighted by molar-refractivity contribution is 7.89. The number of halogens is 1. The zero-order valence-electron chi connectivity index (χ0n) is 15.3. The third-order valence-corrected chi connectivity index (χ3v) is 7.75. The maximum Gasteiger partial charge on any atom is 0.243 e. The van der Waals surface area contributed by atoms with Crippen molar-refractivity contribution in [2.24, 2.45) is 5.14 Å². The fraction of sp³-hybridized carbons (Fsp3) is 0.278. The Labute approximate surface area is 174 Å². The molecule has 3 rings (SSSR count). The zero-order valence-corrected chi connectivity index (χ0v) is 17.7. The molecule has 3 N–H and O–H groups in total. The Morgan fingerprint density at radius 1 is 1.03 bits per heavy atom. The lowest BCUT2D eigenvalue weighted by atomic mass is 10.2. The van der Waals surface area contributed by atoms with Crippen molar-refractivity contribution in [2.75, 3.05) is 6.54 Å².